The van der Waals surface area contributed by atoms with Gasteiger partial charge in [-0.1, -0.05) is 44.4 Å². The summed E-state index contributed by atoms with van der Waals surface area (Å²) in [4.78, 5) is 13.8. The van der Waals surface area contributed by atoms with Gasteiger partial charge < -0.3 is 5.32 Å². The van der Waals surface area contributed by atoms with E-state index in [1.54, 1.807) is 11.3 Å². The lowest BCUT2D eigenvalue weighted by molar-refractivity contribution is -0.119. The Labute approximate surface area is 176 Å². The molecule has 2 aromatic rings. The number of amides is 1. The van der Waals surface area contributed by atoms with Crippen molar-refractivity contribution in [2.45, 2.75) is 89.9 Å². The molecule has 7 heteroatoms. The van der Waals surface area contributed by atoms with Crippen LogP contribution in [0.1, 0.15) is 75.8 Å². The van der Waals surface area contributed by atoms with Crippen LogP contribution in [-0.2, 0) is 11.2 Å². The van der Waals surface area contributed by atoms with Crippen molar-refractivity contribution < 1.29 is 4.79 Å². The zero-order valence-electron chi connectivity index (χ0n) is 17.5. The van der Waals surface area contributed by atoms with E-state index in [2.05, 4.69) is 53.2 Å². The van der Waals surface area contributed by atoms with Gasteiger partial charge in [-0.15, -0.1) is 21.5 Å². The summed E-state index contributed by atoms with van der Waals surface area (Å²) >= 11 is 3.26. The molecule has 1 saturated carbocycles. The predicted octanol–water partition coefficient (Wildman–Crippen LogP) is 5.39. The van der Waals surface area contributed by atoms with Crippen LogP contribution in [0.4, 0.5) is 0 Å². The monoisotopic (exact) mass is 420 g/mol. The molecule has 1 N–H and O–H groups in total. The number of aromatic nitrogens is 3. The first-order valence-corrected chi connectivity index (χ1v) is 12.3. The summed E-state index contributed by atoms with van der Waals surface area (Å²) in [6.45, 7) is 8.64. The van der Waals surface area contributed by atoms with Crippen molar-refractivity contribution in [3.63, 3.8) is 0 Å². The maximum Gasteiger partial charge on any atom is 0.230 e. The molecule has 1 fully saturated rings. The SMILES string of the molecule is CCc1c(-c2nnc(SCC(=O)NC3CCCCCC3)n2C(C)C)csc1C. The number of thioether (sulfide) groups is 1. The Morgan fingerprint density at radius 2 is 2.00 bits per heavy atom. The minimum absolute atomic E-state index is 0.109. The van der Waals surface area contributed by atoms with Gasteiger partial charge >= 0.3 is 0 Å². The summed E-state index contributed by atoms with van der Waals surface area (Å²) in [7, 11) is 0. The van der Waals surface area contributed by atoms with E-state index in [9.17, 15) is 4.79 Å². The van der Waals surface area contributed by atoms with Crippen LogP contribution in [0, 0.1) is 6.92 Å². The van der Waals surface area contributed by atoms with Gasteiger partial charge in [0.2, 0.25) is 5.91 Å². The van der Waals surface area contributed by atoms with Gasteiger partial charge in [-0.3, -0.25) is 9.36 Å². The normalized spacial score (nSPS) is 15.8. The Kier molecular flexibility index (Phi) is 7.57. The molecule has 154 valence electrons. The van der Waals surface area contributed by atoms with Crippen LogP contribution in [0.15, 0.2) is 10.5 Å². The maximum absolute atomic E-state index is 12.5. The first kappa shape index (κ1) is 21.4. The summed E-state index contributed by atoms with van der Waals surface area (Å²) in [6, 6.07) is 0.581. The van der Waals surface area contributed by atoms with Gasteiger partial charge in [0.15, 0.2) is 11.0 Å². The molecule has 0 aliphatic heterocycles. The van der Waals surface area contributed by atoms with Crippen molar-refractivity contribution in [3.05, 3.63) is 15.8 Å². The summed E-state index contributed by atoms with van der Waals surface area (Å²) in [5.41, 5.74) is 2.53. The van der Waals surface area contributed by atoms with Gasteiger partial charge in [0.25, 0.3) is 0 Å². The van der Waals surface area contributed by atoms with Crippen molar-refractivity contribution in [2.75, 3.05) is 5.75 Å². The van der Waals surface area contributed by atoms with Gasteiger partial charge in [0, 0.05) is 27.9 Å². The molecular weight excluding hydrogens is 388 g/mol. The van der Waals surface area contributed by atoms with Crippen molar-refractivity contribution in [1.82, 2.24) is 20.1 Å². The molecule has 0 spiro atoms. The number of carbonyl (C=O) groups excluding carboxylic acids is 1. The van der Waals surface area contributed by atoms with Crippen molar-refractivity contribution >= 4 is 29.0 Å². The van der Waals surface area contributed by atoms with E-state index in [1.807, 2.05) is 0 Å². The molecule has 1 aliphatic carbocycles. The van der Waals surface area contributed by atoms with Gasteiger partial charge in [0.1, 0.15) is 0 Å². The number of carbonyl (C=O) groups is 1. The van der Waals surface area contributed by atoms with E-state index in [0.717, 1.165) is 30.2 Å². The van der Waals surface area contributed by atoms with E-state index < -0.39 is 0 Å². The Balaban J connectivity index is 1.70. The largest absolute Gasteiger partial charge is 0.353 e. The smallest absolute Gasteiger partial charge is 0.230 e. The second kappa shape index (κ2) is 9.92. The second-order valence-electron chi connectivity index (χ2n) is 7.85. The highest BCUT2D eigenvalue weighted by Gasteiger charge is 2.22. The first-order valence-electron chi connectivity index (χ1n) is 10.5. The second-order valence-corrected chi connectivity index (χ2v) is 9.88. The first-order chi connectivity index (χ1) is 13.5. The average Bonchev–Trinajstić information content (AvgIpc) is 3.15. The molecule has 2 aromatic heterocycles. The minimum Gasteiger partial charge on any atom is -0.353 e. The Morgan fingerprint density at radius 1 is 1.29 bits per heavy atom. The van der Waals surface area contributed by atoms with E-state index in [0.29, 0.717) is 11.8 Å². The summed E-state index contributed by atoms with van der Waals surface area (Å²) in [5, 5.41) is 15.2. The Bertz CT molecular complexity index is 788. The van der Waals surface area contributed by atoms with Crippen LogP contribution in [0.5, 0.6) is 0 Å². The van der Waals surface area contributed by atoms with Crippen molar-refractivity contribution in [3.8, 4) is 11.4 Å². The third kappa shape index (κ3) is 4.98. The highest BCUT2D eigenvalue weighted by Crippen LogP contribution is 2.34. The molecule has 0 bridgehead atoms. The molecule has 5 nitrogen and oxygen atoms in total. The van der Waals surface area contributed by atoms with Crippen LogP contribution in [-0.4, -0.2) is 32.5 Å². The molecular formula is C21H32N4OS2. The molecule has 1 aliphatic rings. The van der Waals surface area contributed by atoms with Crippen LogP contribution in [0.25, 0.3) is 11.4 Å². The molecule has 0 atom stereocenters. The molecule has 3 rings (SSSR count). The fourth-order valence-corrected chi connectivity index (χ4v) is 5.77. The maximum atomic E-state index is 12.5. The highest BCUT2D eigenvalue weighted by molar-refractivity contribution is 7.99. The molecule has 28 heavy (non-hydrogen) atoms. The van der Waals surface area contributed by atoms with E-state index in [1.165, 1.54) is 53.4 Å². The summed E-state index contributed by atoms with van der Waals surface area (Å²) in [5.74, 6) is 1.42. The third-order valence-corrected chi connectivity index (χ3v) is 7.33. The van der Waals surface area contributed by atoms with Crippen LogP contribution >= 0.6 is 23.1 Å². The lowest BCUT2D eigenvalue weighted by Crippen LogP contribution is -2.35. The zero-order chi connectivity index (χ0) is 20.1. The standard InChI is InChI=1S/C21H32N4OS2/c1-5-17-15(4)27-12-18(17)20-23-24-21(25(20)14(2)3)28-13-19(26)22-16-10-8-6-7-9-11-16/h12,14,16H,5-11,13H2,1-4H3,(H,22,26). The molecule has 0 radical (unpaired) electrons. The van der Waals surface area contributed by atoms with E-state index >= 15 is 0 Å². The fraction of sp³-hybridized carbons (Fsp3) is 0.667. The average molecular weight is 421 g/mol. The van der Waals surface area contributed by atoms with Crippen molar-refractivity contribution in [2.24, 2.45) is 0 Å². The summed E-state index contributed by atoms with van der Waals surface area (Å²) < 4.78 is 2.17. The van der Waals surface area contributed by atoms with Gasteiger partial charge in [-0.05, 0) is 45.6 Å². The lowest BCUT2D eigenvalue weighted by atomic mass is 10.1. The number of thiophene rings is 1. The number of rotatable bonds is 7. The molecule has 1 amide bonds. The number of aryl methyl sites for hydroxylation is 1. The molecule has 0 saturated heterocycles. The molecule has 0 unspecified atom stereocenters. The number of nitrogens with zero attached hydrogens (tertiary/aromatic N) is 3. The molecule has 2 heterocycles. The van der Waals surface area contributed by atoms with Crippen LogP contribution in [0.3, 0.4) is 0 Å². The Morgan fingerprint density at radius 3 is 2.64 bits per heavy atom. The fourth-order valence-electron chi connectivity index (χ4n) is 3.95. The van der Waals surface area contributed by atoms with E-state index in [4.69, 9.17) is 0 Å². The van der Waals surface area contributed by atoms with Crippen LogP contribution in [0.2, 0.25) is 0 Å². The summed E-state index contributed by atoms with van der Waals surface area (Å²) in [6.07, 6.45) is 8.25. The van der Waals surface area contributed by atoms with Gasteiger partial charge in [0.05, 0.1) is 5.75 Å². The third-order valence-electron chi connectivity index (χ3n) is 5.43. The van der Waals surface area contributed by atoms with Crippen molar-refractivity contribution in [1.29, 1.82) is 0 Å². The topological polar surface area (TPSA) is 59.8 Å². The highest BCUT2D eigenvalue weighted by atomic mass is 32.2. The van der Waals surface area contributed by atoms with Crippen LogP contribution < -0.4 is 5.32 Å². The quantitative estimate of drug-likeness (QED) is 0.482. The number of hydrogen-bond donors (Lipinski definition) is 1. The number of nitrogens with one attached hydrogen (secondary N) is 1. The predicted molar refractivity (Wildman–Crippen MR) is 118 cm³/mol. The lowest BCUT2D eigenvalue weighted by Gasteiger charge is -2.17. The van der Waals surface area contributed by atoms with Gasteiger partial charge in [-0.2, -0.15) is 0 Å². The van der Waals surface area contributed by atoms with Gasteiger partial charge in [-0.25, -0.2) is 0 Å². The van der Waals surface area contributed by atoms with E-state index in [-0.39, 0.29) is 11.9 Å². The Hall–Kier alpha value is -1.34. The number of hydrogen-bond acceptors (Lipinski definition) is 5. The minimum atomic E-state index is 0.109. The zero-order valence-corrected chi connectivity index (χ0v) is 19.1. The molecule has 0 aromatic carbocycles.